The first kappa shape index (κ1) is 11.9. The Labute approximate surface area is 102 Å². The lowest BCUT2D eigenvalue weighted by molar-refractivity contribution is 0.0701. The third-order valence-electron chi connectivity index (χ3n) is 2.44. The molecule has 6 heteroatoms. The fourth-order valence-electron chi connectivity index (χ4n) is 1.54. The molecule has 0 spiro atoms. The molecule has 0 aliphatic carbocycles. The van der Waals surface area contributed by atoms with Crippen molar-refractivity contribution >= 4 is 29.1 Å². The number of hydrogen-bond donors (Lipinski definition) is 1. The van der Waals surface area contributed by atoms with Gasteiger partial charge in [0.05, 0.1) is 12.3 Å². The van der Waals surface area contributed by atoms with Crippen LogP contribution in [0.1, 0.15) is 21.8 Å². The molecule has 0 bridgehead atoms. The Morgan fingerprint density at radius 1 is 1.75 bits per heavy atom. The third-order valence-corrected chi connectivity index (χ3v) is 4.96. The molecule has 16 heavy (non-hydrogen) atoms. The summed E-state index contributed by atoms with van der Waals surface area (Å²) in [5, 5.41) is 8.90. The van der Waals surface area contributed by atoms with E-state index in [1.54, 1.807) is 18.7 Å². The zero-order valence-corrected chi connectivity index (χ0v) is 10.6. The number of nitrogens with zero attached hydrogens (tertiary/aromatic N) is 1. The molecule has 1 saturated heterocycles. The van der Waals surface area contributed by atoms with E-state index in [1.165, 1.54) is 11.3 Å². The number of carboxylic acid groups (broad SMARTS) is 1. The van der Waals surface area contributed by atoms with Crippen molar-refractivity contribution in [2.75, 3.05) is 19.0 Å². The molecule has 1 aliphatic rings. The van der Waals surface area contributed by atoms with E-state index in [2.05, 4.69) is 4.98 Å². The number of carbonyl (C=O) groups is 1. The molecular formula is C10H13NO3S2. The second-order valence-electron chi connectivity index (χ2n) is 3.74. The van der Waals surface area contributed by atoms with Crippen molar-refractivity contribution in [3.63, 3.8) is 0 Å². The summed E-state index contributed by atoms with van der Waals surface area (Å²) in [5.41, 5.74) is 0.614. The van der Waals surface area contributed by atoms with Crippen LogP contribution in [0, 0.1) is 12.8 Å². The molecule has 1 N–H and O–H groups in total. The van der Waals surface area contributed by atoms with Gasteiger partial charge in [0.1, 0.15) is 4.88 Å². The van der Waals surface area contributed by atoms with Gasteiger partial charge in [0.15, 0.2) is 4.34 Å². The van der Waals surface area contributed by atoms with Gasteiger partial charge in [-0.25, -0.2) is 9.78 Å². The van der Waals surface area contributed by atoms with Gasteiger partial charge in [-0.15, -0.1) is 11.3 Å². The second-order valence-corrected chi connectivity index (χ2v) is 6.01. The number of rotatable bonds is 4. The molecule has 0 aromatic carbocycles. The summed E-state index contributed by atoms with van der Waals surface area (Å²) in [6.07, 6.45) is 1.10. The average molecular weight is 259 g/mol. The van der Waals surface area contributed by atoms with E-state index in [0.717, 1.165) is 29.7 Å². The average Bonchev–Trinajstić information content (AvgIpc) is 2.83. The van der Waals surface area contributed by atoms with E-state index < -0.39 is 5.97 Å². The van der Waals surface area contributed by atoms with E-state index in [4.69, 9.17) is 9.84 Å². The van der Waals surface area contributed by atoms with Crippen LogP contribution >= 0.6 is 23.1 Å². The summed E-state index contributed by atoms with van der Waals surface area (Å²) < 4.78 is 6.14. The highest BCUT2D eigenvalue weighted by molar-refractivity contribution is 8.01. The molecule has 2 heterocycles. The lowest BCUT2D eigenvalue weighted by Crippen LogP contribution is -2.01. The van der Waals surface area contributed by atoms with Gasteiger partial charge >= 0.3 is 5.97 Å². The zero-order valence-electron chi connectivity index (χ0n) is 8.93. The molecule has 1 aliphatic heterocycles. The number of ether oxygens (including phenoxy) is 1. The first-order chi connectivity index (χ1) is 7.66. The van der Waals surface area contributed by atoms with E-state index in [9.17, 15) is 4.79 Å². The maximum absolute atomic E-state index is 10.8. The lowest BCUT2D eigenvalue weighted by atomic mass is 10.2. The van der Waals surface area contributed by atoms with Crippen LogP contribution in [0.3, 0.4) is 0 Å². The summed E-state index contributed by atoms with van der Waals surface area (Å²) in [5.74, 6) is 0.667. The summed E-state index contributed by atoms with van der Waals surface area (Å²) in [6, 6.07) is 0. The smallest absolute Gasteiger partial charge is 0.347 e. The van der Waals surface area contributed by atoms with Crippen LogP contribution < -0.4 is 0 Å². The fourth-order valence-corrected chi connectivity index (χ4v) is 3.71. The monoisotopic (exact) mass is 259 g/mol. The van der Waals surface area contributed by atoms with Crippen molar-refractivity contribution in [3.05, 3.63) is 10.6 Å². The van der Waals surface area contributed by atoms with Crippen molar-refractivity contribution in [1.29, 1.82) is 0 Å². The number of thioether (sulfide) groups is 1. The number of aromatic carboxylic acids is 1. The largest absolute Gasteiger partial charge is 0.477 e. The highest BCUT2D eigenvalue weighted by Crippen LogP contribution is 2.30. The van der Waals surface area contributed by atoms with E-state index in [1.807, 2.05) is 0 Å². The number of carboxylic acids is 1. The van der Waals surface area contributed by atoms with Crippen LogP contribution in [-0.4, -0.2) is 35.0 Å². The number of hydrogen-bond acceptors (Lipinski definition) is 5. The highest BCUT2D eigenvalue weighted by atomic mass is 32.2. The van der Waals surface area contributed by atoms with Crippen LogP contribution in [0.2, 0.25) is 0 Å². The van der Waals surface area contributed by atoms with Gasteiger partial charge in [-0.2, -0.15) is 0 Å². The number of aromatic nitrogens is 1. The Hall–Kier alpha value is -0.590. The third kappa shape index (κ3) is 2.75. The summed E-state index contributed by atoms with van der Waals surface area (Å²) in [7, 11) is 0. The van der Waals surface area contributed by atoms with Gasteiger partial charge in [0.25, 0.3) is 0 Å². The van der Waals surface area contributed by atoms with Crippen molar-refractivity contribution in [3.8, 4) is 0 Å². The van der Waals surface area contributed by atoms with Crippen LogP contribution in [0.25, 0.3) is 0 Å². The quantitative estimate of drug-likeness (QED) is 0.841. The molecule has 0 saturated carbocycles. The van der Waals surface area contributed by atoms with Gasteiger partial charge in [-0.3, -0.25) is 0 Å². The maximum atomic E-state index is 10.8. The molecule has 1 fully saturated rings. The first-order valence-corrected chi connectivity index (χ1v) is 6.88. The van der Waals surface area contributed by atoms with Crippen LogP contribution in [0.4, 0.5) is 0 Å². The topological polar surface area (TPSA) is 59.4 Å². The molecule has 0 radical (unpaired) electrons. The predicted molar refractivity (Wildman–Crippen MR) is 63.5 cm³/mol. The lowest BCUT2D eigenvalue weighted by Gasteiger charge is -2.03. The molecular weight excluding hydrogens is 246 g/mol. The Morgan fingerprint density at radius 2 is 2.56 bits per heavy atom. The molecule has 1 aromatic rings. The summed E-state index contributed by atoms with van der Waals surface area (Å²) in [4.78, 5) is 15.4. The highest BCUT2D eigenvalue weighted by Gasteiger charge is 2.18. The first-order valence-electron chi connectivity index (χ1n) is 5.08. The molecule has 1 aromatic heterocycles. The van der Waals surface area contributed by atoms with E-state index in [-0.39, 0.29) is 0 Å². The predicted octanol–water partition coefficient (Wildman–Crippen LogP) is 2.28. The van der Waals surface area contributed by atoms with Crippen molar-refractivity contribution < 1.29 is 14.6 Å². The summed E-state index contributed by atoms with van der Waals surface area (Å²) >= 11 is 2.90. The fraction of sp³-hybridized carbons (Fsp3) is 0.600. The Kier molecular flexibility index (Phi) is 3.83. The minimum Gasteiger partial charge on any atom is -0.477 e. The van der Waals surface area contributed by atoms with E-state index in [0.29, 0.717) is 16.5 Å². The number of aryl methyl sites for hydroxylation is 1. The van der Waals surface area contributed by atoms with Gasteiger partial charge < -0.3 is 9.84 Å². The minimum absolute atomic E-state index is 0.352. The van der Waals surface area contributed by atoms with Gasteiger partial charge in [0.2, 0.25) is 0 Å². The Balaban J connectivity index is 1.94. The molecule has 4 nitrogen and oxygen atoms in total. The van der Waals surface area contributed by atoms with Gasteiger partial charge in [0, 0.05) is 12.4 Å². The minimum atomic E-state index is -0.883. The van der Waals surface area contributed by atoms with Gasteiger partial charge in [-0.1, -0.05) is 11.8 Å². The van der Waals surface area contributed by atoms with E-state index >= 15 is 0 Å². The summed E-state index contributed by atoms with van der Waals surface area (Å²) in [6.45, 7) is 3.41. The maximum Gasteiger partial charge on any atom is 0.347 e. The zero-order chi connectivity index (χ0) is 11.5. The van der Waals surface area contributed by atoms with Crippen LogP contribution in [-0.2, 0) is 4.74 Å². The molecule has 0 amide bonds. The SMILES string of the molecule is Cc1nc(SCC2CCOC2)sc1C(=O)O. The standard InChI is InChI=1S/C10H13NO3S2/c1-6-8(9(12)13)16-10(11-6)15-5-7-2-3-14-4-7/h7H,2-5H2,1H3,(H,12,13). The molecule has 88 valence electrons. The Morgan fingerprint density at radius 3 is 3.12 bits per heavy atom. The Bertz CT molecular complexity index is 385. The van der Waals surface area contributed by atoms with Crippen LogP contribution in [0.5, 0.6) is 0 Å². The normalized spacial score (nSPS) is 20.2. The molecule has 2 rings (SSSR count). The van der Waals surface area contributed by atoms with Crippen molar-refractivity contribution in [2.24, 2.45) is 5.92 Å². The van der Waals surface area contributed by atoms with Gasteiger partial charge in [-0.05, 0) is 19.3 Å². The second kappa shape index (κ2) is 5.16. The molecule has 1 atom stereocenters. The van der Waals surface area contributed by atoms with Crippen molar-refractivity contribution in [2.45, 2.75) is 17.7 Å². The number of thiazole rings is 1. The molecule has 1 unspecified atom stereocenters. The van der Waals surface area contributed by atoms with Crippen molar-refractivity contribution in [1.82, 2.24) is 4.98 Å². The van der Waals surface area contributed by atoms with Crippen LogP contribution in [0.15, 0.2) is 4.34 Å².